The van der Waals surface area contributed by atoms with Gasteiger partial charge in [0, 0.05) is 18.8 Å². The molecular formula is C11H18ClN3O. The Morgan fingerprint density at radius 3 is 2.81 bits per heavy atom. The minimum Gasteiger partial charge on any atom is -0.355 e. The largest absolute Gasteiger partial charge is 0.355 e. The van der Waals surface area contributed by atoms with Crippen molar-refractivity contribution in [3.63, 3.8) is 0 Å². The lowest BCUT2D eigenvalue weighted by Gasteiger charge is -2.07. The molecule has 4 nitrogen and oxygen atoms in total. The van der Waals surface area contributed by atoms with Gasteiger partial charge in [-0.1, -0.05) is 0 Å². The Morgan fingerprint density at radius 1 is 1.62 bits per heavy atom. The molecule has 0 saturated heterocycles. The number of halogens is 1. The second-order valence-electron chi connectivity index (χ2n) is 3.91. The summed E-state index contributed by atoms with van der Waals surface area (Å²) in [5, 5.41) is 6.64. The molecule has 1 rings (SSSR count). The minimum atomic E-state index is -0.464. The van der Waals surface area contributed by atoms with Gasteiger partial charge in [0.1, 0.15) is 5.38 Å². The molecule has 0 radical (unpaired) electrons. The Bertz CT molecular complexity index is 360. The zero-order valence-electron chi connectivity index (χ0n) is 9.96. The molecular weight excluding hydrogens is 226 g/mol. The van der Waals surface area contributed by atoms with Crippen LogP contribution in [0.1, 0.15) is 24.7 Å². The SMILES string of the molecule is Cc1cc(C)n(CCCNC(=O)C(C)Cl)n1. The number of amides is 1. The van der Waals surface area contributed by atoms with Crippen LogP contribution < -0.4 is 5.32 Å². The molecule has 0 aliphatic heterocycles. The van der Waals surface area contributed by atoms with Crippen molar-refractivity contribution in [2.45, 2.75) is 39.1 Å². The fraction of sp³-hybridized carbons (Fsp3) is 0.636. The third kappa shape index (κ3) is 3.85. The third-order valence-corrected chi connectivity index (χ3v) is 2.51. The topological polar surface area (TPSA) is 46.9 Å². The highest BCUT2D eigenvalue weighted by molar-refractivity contribution is 6.30. The second-order valence-corrected chi connectivity index (χ2v) is 4.57. The molecule has 1 amide bonds. The van der Waals surface area contributed by atoms with Crippen LogP contribution in [0, 0.1) is 13.8 Å². The molecule has 0 bridgehead atoms. The number of aromatic nitrogens is 2. The summed E-state index contributed by atoms with van der Waals surface area (Å²) < 4.78 is 1.95. The Hall–Kier alpha value is -1.03. The summed E-state index contributed by atoms with van der Waals surface area (Å²) in [5.74, 6) is -0.116. The van der Waals surface area contributed by atoms with Gasteiger partial charge < -0.3 is 5.32 Å². The fourth-order valence-electron chi connectivity index (χ4n) is 1.48. The third-order valence-electron chi connectivity index (χ3n) is 2.31. The lowest BCUT2D eigenvalue weighted by Crippen LogP contribution is -2.30. The maximum atomic E-state index is 11.2. The molecule has 0 spiro atoms. The maximum absolute atomic E-state index is 11.2. The average molecular weight is 244 g/mol. The van der Waals surface area contributed by atoms with E-state index in [1.807, 2.05) is 24.6 Å². The van der Waals surface area contributed by atoms with Crippen molar-refractivity contribution in [2.24, 2.45) is 0 Å². The number of aryl methyl sites for hydroxylation is 3. The number of rotatable bonds is 5. The van der Waals surface area contributed by atoms with Crippen molar-refractivity contribution in [3.05, 3.63) is 17.5 Å². The van der Waals surface area contributed by atoms with Crippen LogP contribution in [0.3, 0.4) is 0 Å². The molecule has 90 valence electrons. The van der Waals surface area contributed by atoms with E-state index in [2.05, 4.69) is 10.4 Å². The van der Waals surface area contributed by atoms with Crippen LogP contribution in [0.4, 0.5) is 0 Å². The highest BCUT2D eigenvalue weighted by atomic mass is 35.5. The van der Waals surface area contributed by atoms with E-state index in [9.17, 15) is 4.79 Å². The Kier molecular flexibility index (Phi) is 4.80. The number of nitrogens with zero attached hydrogens (tertiary/aromatic N) is 2. The highest BCUT2D eigenvalue weighted by Crippen LogP contribution is 2.02. The van der Waals surface area contributed by atoms with Crippen molar-refractivity contribution in [2.75, 3.05) is 6.54 Å². The van der Waals surface area contributed by atoms with Crippen molar-refractivity contribution in [1.29, 1.82) is 0 Å². The van der Waals surface area contributed by atoms with E-state index < -0.39 is 5.38 Å². The van der Waals surface area contributed by atoms with Crippen LogP contribution in [0.2, 0.25) is 0 Å². The fourth-order valence-corrected chi connectivity index (χ4v) is 1.56. The molecule has 1 aromatic heterocycles. The van der Waals surface area contributed by atoms with Crippen LogP contribution in [0.5, 0.6) is 0 Å². The predicted octanol–water partition coefficient (Wildman–Crippen LogP) is 1.63. The molecule has 0 fully saturated rings. The predicted molar refractivity (Wildman–Crippen MR) is 64.6 cm³/mol. The molecule has 1 aromatic rings. The lowest BCUT2D eigenvalue weighted by molar-refractivity contribution is -0.120. The molecule has 0 aliphatic rings. The zero-order valence-corrected chi connectivity index (χ0v) is 10.7. The van der Waals surface area contributed by atoms with E-state index >= 15 is 0 Å². The van der Waals surface area contributed by atoms with Crippen LogP contribution in [0.25, 0.3) is 0 Å². The van der Waals surface area contributed by atoms with E-state index in [0.29, 0.717) is 6.54 Å². The van der Waals surface area contributed by atoms with Gasteiger partial charge in [-0.05, 0) is 33.3 Å². The normalized spacial score (nSPS) is 12.5. The van der Waals surface area contributed by atoms with E-state index in [1.165, 1.54) is 0 Å². The van der Waals surface area contributed by atoms with Gasteiger partial charge in [-0.2, -0.15) is 5.10 Å². The van der Waals surface area contributed by atoms with E-state index in [-0.39, 0.29) is 5.91 Å². The van der Waals surface area contributed by atoms with E-state index in [1.54, 1.807) is 6.92 Å². The standard InChI is InChI=1S/C11H18ClN3O/c1-8-7-9(2)15(14-8)6-4-5-13-11(16)10(3)12/h7,10H,4-6H2,1-3H3,(H,13,16). The summed E-state index contributed by atoms with van der Waals surface area (Å²) in [5.41, 5.74) is 2.17. The first kappa shape index (κ1) is 13.0. The Labute approximate surface area is 101 Å². The molecule has 1 N–H and O–H groups in total. The average Bonchev–Trinajstić information content (AvgIpc) is 2.51. The van der Waals surface area contributed by atoms with Crippen molar-refractivity contribution < 1.29 is 4.79 Å². The van der Waals surface area contributed by atoms with Gasteiger partial charge in [0.2, 0.25) is 5.91 Å². The molecule has 5 heteroatoms. The second kappa shape index (κ2) is 5.89. The van der Waals surface area contributed by atoms with E-state index in [4.69, 9.17) is 11.6 Å². The first-order valence-corrected chi connectivity index (χ1v) is 5.87. The van der Waals surface area contributed by atoms with Crippen LogP contribution in [0.15, 0.2) is 6.07 Å². The summed E-state index contributed by atoms with van der Waals surface area (Å²) in [6, 6.07) is 2.04. The zero-order chi connectivity index (χ0) is 12.1. The summed E-state index contributed by atoms with van der Waals surface area (Å²) in [6.45, 7) is 7.11. The highest BCUT2D eigenvalue weighted by Gasteiger charge is 2.07. The van der Waals surface area contributed by atoms with Gasteiger partial charge in [0.25, 0.3) is 0 Å². The maximum Gasteiger partial charge on any atom is 0.237 e. The van der Waals surface area contributed by atoms with Crippen LogP contribution in [-0.2, 0) is 11.3 Å². The lowest BCUT2D eigenvalue weighted by atomic mass is 10.3. The number of hydrogen-bond donors (Lipinski definition) is 1. The van der Waals surface area contributed by atoms with Crippen LogP contribution >= 0.6 is 11.6 Å². The number of hydrogen-bond acceptors (Lipinski definition) is 2. The first-order chi connectivity index (χ1) is 7.50. The molecule has 1 unspecified atom stereocenters. The minimum absolute atomic E-state index is 0.116. The van der Waals surface area contributed by atoms with Gasteiger partial charge in [-0.25, -0.2) is 0 Å². The number of carbonyl (C=O) groups is 1. The number of carbonyl (C=O) groups excluding carboxylic acids is 1. The summed E-state index contributed by atoms with van der Waals surface area (Å²) in [7, 11) is 0. The van der Waals surface area contributed by atoms with Crippen molar-refractivity contribution in [1.82, 2.24) is 15.1 Å². The molecule has 0 aromatic carbocycles. The van der Waals surface area contributed by atoms with E-state index in [0.717, 1.165) is 24.4 Å². The first-order valence-electron chi connectivity index (χ1n) is 5.43. The van der Waals surface area contributed by atoms with Gasteiger partial charge in [-0.3, -0.25) is 9.48 Å². The van der Waals surface area contributed by atoms with Crippen molar-refractivity contribution in [3.8, 4) is 0 Å². The number of alkyl halides is 1. The van der Waals surface area contributed by atoms with Gasteiger partial charge in [0.05, 0.1) is 5.69 Å². The van der Waals surface area contributed by atoms with Crippen LogP contribution in [-0.4, -0.2) is 27.6 Å². The van der Waals surface area contributed by atoms with Gasteiger partial charge >= 0.3 is 0 Å². The van der Waals surface area contributed by atoms with Gasteiger partial charge in [-0.15, -0.1) is 11.6 Å². The summed E-state index contributed by atoms with van der Waals surface area (Å²) >= 11 is 5.62. The van der Waals surface area contributed by atoms with Gasteiger partial charge in [0.15, 0.2) is 0 Å². The Morgan fingerprint density at radius 2 is 2.31 bits per heavy atom. The molecule has 16 heavy (non-hydrogen) atoms. The molecule has 0 saturated carbocycles. The monoisotopic (exact) mass is 243 g/mol. The van der Waals surface area contributed by atoms with Crippen molar-refractivity contribution >= 4 is 17.5 Å². The summed E-state index contributed by atoms with van der Waals surface area (Å²) in [4.78, 5) is 11.2. The Balaban J connectivity index is 2.26. The smallest absolute Gasteiger partial charge is 0.237 e. The quantitative estimate of drug-likeness (QED) is 0.631. The number of nitrogens with one attached hydrogen (secondary N) is 1. The molecule has 0 aliphatic carbocycles. The summed E-state index contributed by atoms with van der Waals surface area (Å²) in [6.07, 6.45) is 0.858. The molecule has 1 heterocycles. The molecule has 1 atom stereocenters.